The molecule has 4 aromatic carbocycles. The van der Waals surface area contributed by atoms with Crippen LogP contribution in [-0.4, -0.2) is 28.2 Å². The van der Waals surface area contributed by atoms with Gasteiger partial charge in [0.25, 0.3) is 8.24 Å². The van der Waals surface area contributed by atoms with Gasteiger partial charge in [-0.15, -0.1) is 0 Å². The molecule has 0 amide bonds. The van der Waals surface area contributed by atoms with Gasteiger partial charge in [0.15, 0.2) is 11.5 Å². The number of benzene rings is 4. The third kappa shape index (κ3) is 3.64. The Labute approximate surface area is 210 Å². The number of hydrogen-bond donors (Lipinski definition) is 0. The Kier molecular flexibility index (Phi) is 5.77. The minimum absolute atomic E-state index is 0.570. The predicted octanol–water partition coefficient (Wildman–Crippen LogP) is 4.23. The van der Waals surface area contributed by atoms with Crippen molar-refractivity contribution in [3.8, 4) is 0 Å². The fourth-order valence-corrected chi connectivity index (χ4v) is 9.74. The quantitative estimate of drug-likeness (QED) is 0.263. The third-order valence-corrected chi connectivity index (χ3v) is 11.0. The number of nitrogens with zero attached hydrogens (tertiary/aromatic N) is 5. The van der Waals surface area contributed by atoms with Crippen molar-refractivity contribution in [1.82, 2.24) is 19.9 Å². The summed E-state index contributed by atoms with van der Waals surface area (Å²) in [6.45, 7) is 0. The first-order valence-corrected chi connectivity index (χ1v) is 13.8. The molecule has 0 N–H and O–H groups in total. The lowest BCUT2D eigenvalue weighted by molar-refractivity contribution is 1.12. The second kappa shape index (κ2) is 9.52. The van der Waals surface area contributed by atoms with Crippen LogP contribution >= 0.6 is 0 Å². The standard InChI is InChI=1S/C30H23N5Si/c1-5-13-24(14-6-1)35(30-28-29(33-23-34-30)32-22-21-31-28)36(25-15-7-2-8-16-25,26-17-9-3-10-18-26)27-19-11-4-12-20-27/h1-23H. The van der Waals surface area contributed by atoms with E-state index in [1.165, 1.54) is 15.6 Å². The zero-order valence-electron chi connectivity index (χ0n) is 19.5. The van der Waals surface area contributed by atoms with Crippen molar-refractivity contribution in [3.63, 3.8) is 0 Å². The van der Waals surface area contributed by atoms with Crippen LogP contribution in [0.5, 0.6) is 0 Å². The average molecular weight is 482 g/mol. The van der Waals surface area contributed by atoms with Crippen LogP contribution in [0.1, 0.15) is 0 Å². The Hall–Kier alpha value is -4.68. The van der Waals surface area contributed by atoms with Gasteiger partial charge >= 0.3 is 0 Å². The van der Waals surface area contributed by atoms with Gasteiger partial charge in [0.1, 0.15) is 11.8 Å². The van der Waals surface area contributed by atoms with Crippen LogP contribution in [0.3, 0.4) is 0 Å². The molecule has 0 saturated heterocycles. The largest absolute Gasteiger partial charge is 0.339 e. The zero-order chi connectivity index (χ0) is 24.2. The Morgan fingerprint density at radius 3 is 1.47 bits per heavy atom. The van der Waals surface area contributed by atoms with Gasteiger partial charge in [-0.1, -0.05) is 109 Å². The molecular weight excluding hydrogens is 458 g/mol. The predicted molar refractivity (Wildman–Crippen MR) is 148 cm³/mol. The van der Waals surface area contributed by atoms with E-state index in [0.29, 0.717) is 11.2 Å². The van der Waals surface area contributed by atoms with Crippen molar-refractivity contribution in [2.45, 2.75) is 0 Å². The van der Waals surface area contributed by atoms with E-state index < -0.39 is 8.24 Å². The lowest BCUT2D eigenvalue weighted by Crippen LogP contribution is -2.76. The van der Waals surface area contributed by atoms with Crippen LogP contribution in [-0.2, 0) is 0 Å². The van der Waals surface area contributed by atoms with E-state index >= 15 is 0 Å². The fraction of sp³-hybridized carbons (Fsp3) is 0. The van der Waals surface area contributed by atoms with E-state index in [1.54, 1.807) is 18.7 Å². The number of para-hydroxylation sites is 1. The van der Waals surface area contributed by atoms with Gasteiger partial charge in [0, 0.05) is 18.1 Å². The molecule has 36 heavy (non-hydrogen) atoms. The van der Waals surface area contributed by atoms with Gasteiger partial charge in [-0.05, 0) is 27.7 Å². The molecule has 6 aromatic rings. The van der Waals surface area contributed by atoms with E-state index in [4.69, 9.17) is 9.97 Å². The van der Waals surface area contributed by atoms with E-state index in [2.05, 4.69) is 130 Å². The molecule has 0 fully saturated rings. The maximum Gasteiger partial charge on any atom is 0.259 e. The molecule has 2 aromatic heterocycles. The maximum atomic E-state index is 4.87. The van der Waals surface area contributed by atoms with Crippen molar-refractivity contribution in [2.24, 2.45) is 0 Å². The lowest BCUT2D eigenvalue weighted by Gasteiger charge is -2.44. The monoisotopic (exact) mass is 481 g/mol. The summed E-state index contributed by atoms with van der Waals surface area (Å²) in [7, 11) is -2.98. The molecule has 0 unspecified atom stereocenters. The molecule has 0 aliphatic rings. The smallest absolute Gasteiger partial charge is 0.259 e. The van der Waals surface area contributed by atoms with Gasteiger partial charge in [-0.25, -0.2) is 19.9 Å². The molecule has 5 nitrogen and oxygen atoms in total. The molecule has 2 heterocycles. The highest BCUT2D eigenvalue weighted by molar-refractivity contribution is 7.14. The summed E-state index contributed by atoms with van der Waals surface area (Å²) in [4.78, 5) is 18.5. The molecule has 6 heteroatoms. The first-order valence-electron chi connectivity index (χ1n) is 11.8. The summed E-state index contributed by atoms with van der Waals surface area (Å²) < 4.78 is 2.41. The van der Waals surface area contributed by atoms with Crippen LogP contribution in [0, 0.1) is 0 Å². The molecule has 0 saturated carbocycles. The topological polar surface area (TPSA) is 54.8 Å². The van der Waals surface area contributed by atoms with Crippen LogP contribution in [0.4, 0.5) is 11.5 Å². The number of anilines is 2. The summed E-state index contributed by atoms with van der Waals surface area (Å²) >= 11 is 0. The Balaban J connectivity index is 1.81. The van der Waals surface area contributed by atoms with E-state index in [-0.39, 0.29) is 0 Å². The Bertz CT molecular complexity index is 1480. The summed E-state index contributed by atoms with van der Waals surface area (Å²) in [6, 6.07) is 42.7. The number of aromatic nitrogens is 4. The van der Waals surface area contributed by atoms with E-state index in [1.807, 2.05) is 6.07 Å². The average Bonchev–Trinajstić information content (AvgIpc) is 2.97. The minimum Gasteiger partial charge on any atom is -0.339 e. The molecule has 0 radical (unpaired) electrons. The van der Waals surface area contributed by atoms with Crippen LogP contribution < -0.4 is 20.1 Å². The fourth-order valence-electron chi connectivity index (χ4n) is 4.92. The highest BCUT2D eigenvalue weighted by atomic mass is 28.3. The first kappa shape index (κ1) is 21.8. The lowest BCUT2D eigenvalue weighted by atomic mass is 10.3. The van der Waals surface area contributed by atoms with E-state index in [9.17, 15) is 0 Å². The number of fused-ring (bicyclic) bond motifs is 1. The molecule has 0 atom stereocenters. The summed E-state index contributed by atoms with van der Waals surface area (Å²) in [5.41, 5.74) is 2.27. The zero-order valence-corrected chi connectivity index (χ0v) is 20.5. The highest BCUT2D eigenvalue weighted by Crippen LogP contribution is 2.33. The van der Waals surface area contributed by atoms with Gasteiger partial charge in [0.05, 0.1) is 0 Å². The van der Waals surface area contributed by atoms with E-state index in [0.717, 1.165) is 11.5 Å². The second-order valence-corrected chi connectivity index (χ2v) is 12.0. The van der Waals surface area contributed by atoms with Crippen molar-refractivity contribution in [3.05, 3.63) is 140 Å². The van der Waals surface area contributed by atoms with Crippen molar-refractivity contribution >= 4 is 46.5 Å². The molecular formula is C30H23N5Si. The molecule has 0 spiro atoms. The van der Waals surface area contributed by atoms with Gasteiger partial charge in [-0.2, -0.15) is 0 Å². The molecule has 0 aliphatic carbocycles. The van der Waals surface area contributed by atoms with Gasteiger partial charge in [0.2, 0.25) is 0 Å². The molecule has 0 bridgehead atoms. The Morgan fingerprint density at radius 1 is 0.472 bits per heavy atom. The second-order valence-electron chi connectivity index (χ2n) is 8.41. The van der Waals surface area contributed by atoms with Gasteiger partial charge < -0.3 is 4.57 Å². The van der Waals surface area contributed by atoms with Crippen molar-refractivity contribution in [1.29, 1.82) is 0 Å². The molecule has 6 rings (SSSR count). The molecule has 0 aliphatic heterocycles. The SMILES string of the molecule is c1ccc(N(c2ncnc3nccnc23)[Si](c2ccccc2)(c2ccccc2)c2ccccc2)cc1. The van der Waals surface area contributed by atoms with Crippen LogP contribution in [0.2, 0.25) is 0 Å². The Morgan fingerprint density at radius 2 is 0.944 bits per heavy atom. The number of hydrogen-bond acceptors (Lipinski definition) is 5. The highest BCUT2D eigenvalue weighted by Gasteiger charge is 2.48. The third-order valence-electron chi connectivity index (χ3n) is 6.39. The van der Waals surface area contributed by atoms with Crippen molar-refractivity contribution < 1.29 is 0 Å². The molecule has 172 valence electrons. The van der Waals surface area contributed by atoms with Crippen molar-refractivity contribution in [2.75, 3.05) is 4.57 Å². The first-order chi connectivity index (χ1) is 17.9. The van der Waals surface area contributed by atoms with Crippen LogP contribution in [0.25, 0.3) is 11.2 Å². The maximum absolute atomic E-state index is 4.87. The number of rotatable bonds is 6. The minimum atomic E-state index is -2.98. The summed E-state index contributed by atoms with van der Waals surface area (Å²) in [5.74, 6) is 0.738. The summed E-state index contributed by atoms with van der Waals surface area (Å²) in [5, 5.41) is 3.71. The normalized spacial score (nSPS) is 11.3. The summed E-state index contributed by atoms with van der Waals surface area (Å²) in [6.07, 6.45) is 4.96. The van der Waals surface area contributed by atoms with Gasteiger partial charge in [-0.3, -0.25) is 0 Å². The van der Waals surface area contributed by atoms with Crippen LogP contribution in [0.15, 0.2) is 140 Å².